The van der Waals surface area contributed by atoms with Crippen molar-refractivity contribution in [3.05, 3.63) is 42.0 Å². The Balaban J connectivity index is 1.51. The van der Waals surface area contributed by atoms with E-state index in [4.69, 9.17) is 10.00 Å². The second-order valence-corrected chi connectivity index (χ2v) is 6.38. The molecule has 24 heavy (non-hydrogen) atoms. The Hall–Kier alpha value is -2.39. The number of piperidine rings is 1. The van der Waals surface area contributed by atoms with Gasteiger partial charge in [-0.15, -0.1) is 10.2 Å². The summed E-state index contributed by atoms with van der Waals surface area (Å²) in [6.07, 6.45) is 3.59. The molecule has 6 nitrogen and oxygen atoms in total. The van der Waals surface area contributed by atoms with Crippen LogP contribution in [0.5, 0.6) is 5.75 Å². The van der Waals surface area contributed by atoms with Crippen LogP contribution in [0.3, 0.4) is 0 Å². The molecule has 0 bridgehead atoms. The summed E-state index contributed by atoms with van der Waals surface area (Å²) in [4.78, 5) is 2.47. The summed E-state index contributed by atoms with van der Waals surface area (Å²) in [6.45, 7) is 4.83. The van der Waals surface area contributed by atoms with Gasteiger partial charge >= 0.3 is 0 Å². The highest BCUT2D eigenvalue weighted by atomic mass is 16.5. The average molecular weight is 325 g/mol. The van der Waals surface area contributed by atoms with Gasteiger partial charge in [0.1, 0.15) is 24.0 Å². The molecular formula is C18H23N5O. The molecule has 1 aromatic heterocycles. The molecule has 1 fully saturated rings. The molecular weight excluding hydrogens is 302 g/mol. The summed E-state index contributed by atoms with van der Waals surface area (Å²) in [7, 11) is 2.01. The van der Waals surface area contributed by atoms with Crippen molar-refractivity contribution in [1.29, 1.82) is 5.26 Å². The molecule has 126 valence electrons. The van der Waals surface area contributed by atoms with Crippen molar-refractivity contribution in [3.63, 3.8) is 0 Å². The lowest BCUT2D eigenvalue weighted by molar-refractivity contribution is 0.200. The third-order valence-electron chi connectivity index (χ3n) is 4.52. The first-order valence-corrected chi connectivity index (χ1v) is 8.37. The van der Waals surface area contributed by atoms with Crippen molar-refractivity contribution in [1.82, 2.24) is 19.7 Å². The minimum absolute atomic E-state index is 0.421. The molecule has 0 aliphatic carbocycles. The molecule has 0 spiro atoms. The van der Waals surface area contributed by atoms with Crippen molar-refractivity contribution >= 4 is 0 Å². The van der Waals surface area contributed by atoms with Crippen LogP contribution in [0, 0.1) is 11.3 Å². The minimum Gasteiger partial charge on any atom is -0.476 e. The van der Waals surface area contributed by atoms with E-state index in [1.54, 1.807) is 13.3 Å². The van der Waals surface area contributed by atoms with Crippen LogP contribution in [0.4, 0.5) is 0 Å². The van der Waals surface area contributed by atoms with Gasteiger partial charge in [0.2, 0.25) is 0 Å². The summed E-state index contributed by atoms with van der Waals surface area (Å²) in [6, 6.07) is 10.1. The Morgan fingerprint density at radius 3 is 2.58 bits per heavy atom. The summed E-state index contributed by atoms with van der Waals surface area (Å²) in [5.41, 5.74) is 1.27. The molecule has 1 aliphatic heterocycles. The van der Waals surface area contributed by atoms with Crippen molar-refractivity contribution in [3.8, 4) is 11.8 Å². The van der Waals surface area contributed by atoms with Gasteiger partial charge < -0.3 is 9.30 Å². The van der Waals surface area contributed by atoms with Crippen LogP contribution < -0.4 is 4.74 Å². The summed E-state index contributed by atoms with van der Waals surface area (Å²) < 4.78 is 7.51. The first-order chi connectivity index (χ1) is 11.7. The summed E-state index contributed by atoms with van der Waals surface area (Å²) in [5, 5.41) is 17.0. The maximum Gasteiger partial charge on any atom is 0.181 e. The van der Waals surface area contributed by atoms with E-state index in [9.17, 15) is 0 Å². The van der Waals surface area contributed by atoms with Crippen LogP contribution in [-0.4, -0.2) is 38.9 Å². The van der Waals surface area contributed by atoms with Gasteiger partial charge in [-0.05, 0) is 50.6 Å². The van der Waals surface area contributed by atoms with E-state index >= 15 is 0 Å². The van der Waals surface area contributed by atoms with Gasteiger partial charge in [0, 0.05) is 19.5 Å². The van der Waals surface area contributed by atoms with E-state index in [0.717, 1.165) is 44.0 Å². The van der Waals surface area contributed by atoms with Gasteiger partial charge in [0.25, 0.3) is 0 Å². The number of aryl methyl sites for hydroxylation is 1. The molecule has 0 saturated carbocycles. The van der Waals surface area contributed by atoms with Crippen LogP contribution in [-0.2, 0) is 13.6 Å². The lowest BCUT2D eigenvalue weighted by atomic mass is 9.95. The molecule has 1 aromatic carbocycles. The second-order valence-electron chi connectivity index (χ2n) is 6.38. The van der Waals surface area contributed by atoms with Gasteiger partial charge in [0.15, 0.2) is 6.10 Å². The van der Waals surface area contributed by atoms with Crippen molar-refractivity contribution in [2.24, 2.45) is 7.05 Å². The first kappa shape index (κ1) is 16.5. The van der Waals surface area contributed by atoms with E-state index in [1.807, 2.05) is 23.7 Å². The van der Waals surface area contributed by atoms with E-state index < -0.39 is 6.10 Å². The molecule has 0 N–H and O–H groups in total. The molecule has 2 aromatic rings. The van der Waals surface area contributed by atoms with Gasteiger partial charge in [-0.2, -0.15) is 5.26 Å². The zero-order chi connectivity index (χ0) is 16.9. The van der Waals surface area contributed by atoms with E-state index in [-0.39, 0.29) is 0 Å². The lowest BCUT2D eigenvalue weighted by Gasteiger charge is -2.31. The highest BCUT2D eigenvalue weighted by Crippen LogP contribution is 2.27. The zero-order valence-corrected chi connectivity index (χ0v) is 14.2. The largest absolute Gasteiger partial charge is 0.476 e. The Morgan fingerprint density at radius 2 is 2.00 bits per heavy atom. The topological polar surface area (TPSA) is 67.0 Å². The molecule has 2 heterocycles. The predicted octanol–water partition coefficient (Wildman–Crippen LogP) is 2.49. The zero-order valence-electron chi connectivity index (χ0n) is 14.2. The van der Waals surface area contributed by atoms with E-state index in [1.165, 1.54) is 5.56 Å². The molecule has 1 aliphatic rings. The van der Waals surface area contributed by atoms with Gasteiger partial charge in [0.05, 0.1) is 0 Å². The van der Waals surface area contributed by atoms with Crippen LogP contribution >= 0.6 is 0 Å². The maximum atomic E-state index is 8.78. The number of hydrogen-bond donors (Lipinski definition) is 0. The fourth-order valence-corrected chi connectivity index (χ4v) is 3.17. The SMILES string of the molecule is CC(C#N)Oc1ccc(CN2CCC(c3nncn3C)CC2)cc1. The number of nitriles is 1. The third kappa shape index (κ3) is 3.92. The first-order valence-electron chi connectivity index (χ1n) is 8.37. The number of ether oxygens (including phenoxy) is 1. The number of nitrogens with zero attached hydrogens (tertiary/aromatic N) is 5. The van der Waals surface area contributed by atoms with Crippen molar-refractivity contribution in [2.45, 2.75) is 38.3 Å². The van der Waals surface area contributed by atoms with Gasteiger partial charge in [-0.1, -0.05) is 12.1 Å². The van der Waals surface area contributed by atoms with Crippen LogP contribution in [0.25, 0.3) is 0 Å². The molecule has 1 atom stereocenters. The molecule has 6 heteroatoms. The summed E-state index contributed by atoms with van der Waals surface area (Å²) in [5.74, 6) is 2.36. The molecule has 0 amide bonds. The number of likely N-dealkylation sites (tertiary alicyclic amines) is 1. The molecule has 3 rings (SSSR count). The van der Waals surface area contributed by atoms with Crippen molar-refractivity contribution < 1.29 is 4.74 Å². The molecule has 1 unspecified atom stereocenters. The van der Waals surface area contributed by atoms with Gasteiger partial charge in [-0.3, -0.25) is 4.90 Å². The maximum absolute atomic E-state index is 8.78. The Bertz CT molecular complexity index is 695. The smallest absolute Gasteiger partial charge is 0.181 e. The van der Waals surface area contributed by atoms with E-state index in [2.05, 4.69) is 33.3 Å². The fourth-order valence-electron chi connectivity index (χ4n) is 3.17. The fraction of sp³-hybridized carbons (Fsp3) is 0.500. The predicted molar refractivity (Wildman–Crippen MR) is 90.4 cm³/mol. The Labute approximate surface area is 142 Å². The quantitative estimate of drug-likeness (QED) is 0.845. The number of benzene rings is 1. The van der Waals surface area contributed by atoms with Crippen LogP contribution in [0.1, 0.15) is 37.1 Å². The standard InChI is InChI=1S/C18H23N5O/c1-14(11-19)24-17-5-3-15(4-6-17)12-23-9-7-16(8-10-23)18-21-20-13-22(18)2/h3-6,13-14,16H,7-10,12H2,1-2H3. The third-order valence-corrected chi connectivity index (χ3v) is 4.52. The number of hydrogen-bond acceptors (Lipinski definition) is 5. The number of rotatable bonds is 5. The summed E-state index contributed by atoms with van der Waals surface area (Å²) >= 11 is 0. The molecule has 0 radical (unpaired) electrons. The van der Waals surface area contributed by atoms with Gasteiger partial charge in [-0.25, -0.2) is 0 Å². The van der Waals surface area contributed by atoms with E-state index in [0.29, 0.717) is 5.92 Å². The second kappa shape index (κ2) is 7.45. The normalized spacial score (nSPS) is 17.4. The minimum atomic E-state index is -0.421. The monoisotopic (exact) mass is 325 g/mol. The average Bonchev–Trinajstić information content (AvgIpc) is 3.03. The molecule has 1 saturated heterocycles. The highest BCUT2D eigenvalue weighted by Gasteiger charge is 2.23. The van der Waals surface area contributed by atoms with Crippen LogP contribution in [0.15, 0.2) is 30.6 Å². The van der Waals surface area contributed by atoms with Crippen LogP contribution in [0.2, 0.25) is 0 Å². The Morgan fingerprint density at radius 1 is 1.29 bits per heavy atom. The Kier molecular flexibility index (Phi) is 5.11. The highest BCUT2D eigenvalue weighted by molar-refractivity contribution is 5.27. The number of aromatic nitrogens is 3. The van der Waals surface area contributed by atoms with Crippen molar-refractivity contribution in [2.75, 3.05) is 13.1 Å². The lowest BCUT2D eigenvalue weighted by Crippen LogP contribution is -2.33.